The van der Waals surface area contributed by atoms with E-state index in [1.54, 1.807) is 11.8 Å². The molecular weight excluding hydrogens is 340 g/mol. The Hall–Kier alpha value is -1.89. The minimum Gasteiger partial charge on any atom is -0.454 e. The minimum absolute atomic E-state index is 0.0339. The van der Waals surface area contributed by atoms with Gasteiger partial charge in [0.2, 0.25) is 18.6 Å². The first kappa shape index (κ1) is 16.6. The molecule has 134 valence electrons. The van der Waals surface area contributed by atoms with Crippen molar-refractivity contribution in [1.82, 2.24) is 9.80 Å². The molecule has 4 rings (SSSR count). The van der Waals surface area contributed by atoms with Crippen LogP contribution in [-0.2, 0) is 16.1 Å². The Labute approximate surface area is 151 Å². The lowest BCUT2D eigenvalue weighted by Crippen LogP contribution is -2.51. The van der Waals surface area contributed by atoms with Crippen LogP contribution < -0.4 is 9.47 Å². The number of carbonyl (C=O) groups is 2. The zero-order valence-electron chi connectivity index (χ0n) is 14.5. The molecule has 3 aliphatic heterocycles. The van der Waals surface area contributed by atoms with Crippen LogP contribution in [0.4, 0.5) is 0 Å². The maximum Gasteiger partial charge on any atom is 0.246 e. The Morgan fingerprint density at radius 1 is 1.40 bits per heavy atom. The van der Waals surface area contributed by atoms with Crippen LogP contribution in [-0.4, -0.2) is 51.6 Å². The summed E-state index contributed by atoms with van der Waals surface area (Å²) in [6.45, 7) is 5.39. The molecular formula is C18H22N2O4S. The van der Waals surface area contributed by atoms with E-state index in [9.17, 15) is 9.59 Å². The van der Waals surface area contributed by atoms with Gasteiger partial charge in [-0.3, -0.25) is 9.59 Å². The van der Waals surface area contributed by atoms with E-state index < -0.39 is 0 Å². The van der Waals surface area contributed by atoms with Crippen molar-refractivity contribution in [3.8, 4) is 11.5 Å². The number of amides is 2. The Bertz CT molecular complexity index is 725. The molecule has 3 heterocycles. The van der Waals surface area contributed by atoms with Crippen LogP contribution >= 0.6 is 11.8 Å². The first-order chi connectivity index (χ1) is 12.0. The number of hydrogen-bond acceptors (Lipinski definition) is 5. The summed E-state index contributed by atoms with van der Waals surface area (Å²) in [6.07, 6.45) is 1.37. The van der Waals surface area contributed by atoms with Crippen LogP contribution in [0.3, 0.4) is 0 Å². The van der Waals surface area contributed by atoms with Crippen LogP contribution in [0.5, 0.6) is 11.5 Å². The second kappa shape index (κ2) is 6.12. The molecule has 25 heavy (non-hydrogen) atoms. The van der Waals surface area contributed by atoms with Crippen molar-refractivity contribution < 1.29 is 19.1 Å². The van der Waals surface area contributed by atoms with Gasteiger partial charge < -0.3 is 19.3 Å². The largest absolute Gasteiger partial charge is 0.454 e. The predicted octanol–water partition coefficient (Wildman–Crippen LogP) is 2.22. The van der Waals surface area contributed by atoms with Gasteiger partial charge in [0.1, 0.15) is 6.04 Å². The number of ether oxygens (including phenoxy) is 2. The van der Waals surface area contributed by atoms with Crippen LogP contribution in [0.2, 0.25) is 0 Å². The van der Waals surface area contributed by atoms with Gasteiger partial charge in [-0.2, -0.15) is 0 Å². The third kappa shape index (κ3) is 2.74. The lowest BCUT2D eigenvalue weighted by molar-refractivity contribution is -0.144. The van der Waals surface area contributed by atoms with E-state index in [4.69, 9.17) is 9.47 Å². The second-order valence-corrected chi connectivity index (χ2v) is 8.31. The monoisotopic (exact) mass is 362 g/mol. The predicted molar refractivity (Wildman–Crippen MR) is 94.4 cm³/mol. The number of likely N-dealkylation sites (N-methyl/N-ethyl adjacent to an activating group) is 1. The maximum atomic E-state index is 13.1. The van der Waals surface area contributed by atoms with Crippen molar-refractivity contribution in [2.75, 3.05) is 19.1 Å². The number of thioether (sulfide) groups is 1. The Kier molecular flexibility index (Phi) is 4.06. The van der Waals surface area contributed by atoms with Gasteiger partial charge in [-0.25, -0.2) is 0 Å². The molecule has 0 aromatic heterocycles. The van der Waals surface area contributed by atoms with Gasteiger partial charge in [-0.1, -0.05) is 6.07 Å². The summed E-state index contributed by atoms with van der Waals surface area (Å²) in [5, 5.41) is 0. The summed E-state index contributed by atoms with van der Waals surface area (Å²) < 4.78 is 10.8. The summed E-state index contributed by atoms with van der Waals surface area (Å²) in [5.74, 6) is 2.28. The van der Waals surface area contributed by atoms with E-state index in [0.717, 1.165) is 23.5 Å². The van der Waals surface area contributed by atoms with Gasteiger partial charge in [-0.15, -0.1) is 11.8 Å². The highest BCUT2D eigenvalue weighted by molar-refractivity contribution is 8.01. The van der Waals surface area contributed by atoms with Crippen LogP contribution in [0.1, 0.15) is 32.3 Å². The Morgan fingerprint density at radius 2 is 2.20 bits per heavy atom. The smallest absolute Gasteiger partial charge is 0.246 e. The average Bonchev–Trinajstić information content (AvgIpc) is 3.27. The molecule has 3 aliphatic rings. The van der Waals surface area contributed by atoms with Crippen molar-refractivity contribution in [3.05, 3.63) is 23.8 Å². The number of carbonyl (C=O) groups excluding carboxylic acids is 2. The van der Waals surface area contributed by atoms with Crippen molar-refractivity contribution in [3.63, 3.8) is 0 Å². The number of nitrogens with zero attached hydrogens (tertiary/aromatic N) is 2. The van der Waals surface area contributed by atoms with E-state index in [1.165, 1.54) is 0 Å². The van der Waals surface area contributed by atoms with Gasteiger partial charge in [0.25, 0.3) is 0 Å². The quantitative estimate of drug-likeness (QED) is 0.822. The van der Waals surface area contributed by atoms with Crippen molar-refractivity contribution in [2.24, 2.45) is 0 Å². The van der Waals surface area contributed by atoms with Crippen molar-refractivity contribution in [2.45, 2.75) is 44.1 Å². The fraction of sp³-hybridized carbons (Fsp3) is 0.556. The molecule has 2 saturated heterocycles. The molecule has 2 amide bonds. The zero-order valence-corrected chi connectivity index (χ0v) is 15.3. The number of fused-ring (bicyclic) bond motifs is 2. The molecule has 0 radical (unpaired) electrons. The first-order valence-electron chi connectivity index (χ1n) is 8.65. The Balaban J connectivity index is 1.51. The lowest BCUT2D eigenvalue weighted by Gasteiger charge is -2.32. The fourth-order valence-electron chi connectivity index (χ4n) is 3.82. The summed E-state index contributed by atoms with van der Waals surface area (Å²) in [4.78, 5) is 28.8. The van der Waals surface area contributed by atoms with Gasteiger partial charge in [0, 0.05) is 25.3 Å². The van der Waals surface area contributed by atoms with E-state index in [2.05, 4.69) is 6.92 Å². The first-order valence-corrected chi connectivity index (χ1v) is 9.64. The molecule has 0 spiro atoms. The average molecular weight is 362 g/mol. The zero-order chi connectivity index (χ0) is 17.6. The molecule has 6 nitrogen and oxygen atoms in total. The summed E-state index contributed by atoms with van der Waals surface area (Å²) in [5.41, 5.74) is 1.00. The normalized spacial score (nSPS) is 26.9. The van der Waals surface area contributed by atoms with Gasteiger partial charge >= 0.3 is 0 Å². The fourth-order valence-corrected chi connectivity index (χ4v) is 5.24. The van der Waals surface area contributed by atoms with E-state index in [0.29, 0.717) is 25.3 Å². The topological polar surface area (TPSA) is 59.1 Å². The summed E-state index contributed by atoms with van der Waals surface area (Å²) >= 11 is 1.73. The van der Waals surface area contributed by atoms with E-state index in [-0.39, 0.29) is 29.5 Å². The molecule has 2 atom stereocenters. The maximum absolute atomic E-state index is 13.1. The van der Waals surface area contributed by atoms with Crippen molar-refractivity contribution >= 4 is 23.6 Å². The van der Waals surface area contributed by atoms with Crippen molar-refractivity contribution in [1.29, 1.82) is 0 Å². The summed E-state index contributed by atoms with van der Waals surface area (Å²) in [7, 11) is 0. The minimum atomic E-state index is -0.348. The van der Waals surface area contributed by atoms with Gasteiger partial charge in [-0.05, 0) is 38.0 Å². The highest BCUT2D eigenvalue weighted by Gasteiger charge is 2.53. The van der Waals surface area contributed by atoms with Crippen LogP contribution in [0.15, 0.2) is 18.2 Å². The molecule has 0 saturated carbocycles. The molecule has 1 aromatic carbocycles. The second-order valence-electron chi connectivity index (χ2n) is 6.81. The van der Waals surface area contributed by atoms with E-state index >= 15 is 0 Å². The SMILES string of the molecule is CCN(Cc1ccc2c(c1)OCO2)C(=O)C1CSC2(C)CCC(=O)N12. The molecule has 2 unspecified atom stereocenters. The number of hydrogen-bond donors (Lipinski definition) is 0. The third-order valence-corrected chi connectivity index (χ3v) is 6.74. The molecule has 2 fully saturated rings. The van der Waals surface area contributed by atoms with Gasteiger partial charge in [0.05, 0.1) is 4.87 Å². The third-order valence-electron chi connectivity index (χ3n) is 5.23. The molecule has 0 aliphatic carbocycles. The molecule has 1 aromatic rings. The van der Waals surface area contributed by atoms with E-state index in [1.807, 2.05) is 34.9 Å². The molecule has 0 N–H and O–H groups in total. The Morgan fingerprint density at radius 3 is 3.00 bits per heavy atom. The molecule has 0 bridgehead atoms. The number of rotatable bonds is 4. The number of benzene rings is 1. The van der Waals surface area contributed by atoms with Gasteiger partial charge in [0.15, 0.2) is 11.5 Å². The van der Waals surface area contributed by atoms with Crippen LogP contribution in [0, 0.1) is 0 Å². The lowest BCUT2D eigenvalue weighted by atomic mass is 10.1. The highest BCUT2D eigenvalue weighted by atomic mass is 32.2. The summed E-state index contributed by atoms with van der Waals surface area (Å²) in [6, 6.07) is 5.41. The highest BCUT2D eigenvalue weighted by Crippen LogP contribution is 2.47. The van der Waals surface area contributed by atoms with Crippen LogP contribution in [0.25, 0.3) is 0 Å². The molecule has 7 heteroatoms. The standard InChI is InChI=1S/C18H22N2O4S/c1-3-19(9-12-4-5-14-15(8-12)24-11-23-14)17(22)13-10-25-18(2)7-6-16(21)20(13)18/h4-5,8,13H,3,6-7,9-11H2,1-2H3.